The maximum absolute atomic E-state index is 13.1. The largest absolute Gasteiger partial charge is 0.313 e. The molecule has 1 nitrogen and oxygen atoms in total. The van der Waals surface area contributed by atoms with Gasteiger partial charge in [0.05, 0.1) is 4.34 Å². The Morgan fingerprint density at radius 3 is 2.85 bits per heavy atom. The van der Waals surface area contributed by atoms with Crippen molar-refractivity contribution in [2.75, 3.05) is 12.3 Å². The summed E-state index contributed by atoms with van der Waals surface area (Å²) in [5, 5.41) is 3.47. The fourth-order valence-corrected chi connectivity index (χ4v) is 4.10. The van der Waals surface area contributed by atoms with Crippen LogP contribution >= 0.6 is 34.7 Å². The van der Waals surface area contributed by atoms with E-state index in [4.69, 9.17) is 11.6 Å². The predicted molar refractivity (Wildman–Crippen MR) is 87.6 cm³/mol. The topological polar surface area (TPSA) is 12.0 Å². The molecule has 20 heavy (non-hydrogen) atoms. The number of thioether (sulfide) groups is 1. The third-order valence-electron chi connectivity index (χ3n) is 2.82. The van der Waals surface area contributed by atoms with Crippen LogP contribution in [0.4, 0.5) is 4.39 Å². The molecule has 1 N–H and O–H groups in total. The molecule has 0 spiro atoms. The second kappa shape index (κ2) is 8.03. The van der Waals surface area contributed by atoms with Gasteiger partial charge in [0.1, 0.15) is 5.82 Å². The fourth-order valence-electron chi connectivity index (χ4n) is 1.94. The Hall–Kier alpha value is -0.550. The highest BCUT2D eigenvalue weighted by Crippen LogP contribution is 2.25. The Morgan fingerprint density at radius 1 is 1.35 bits per heavy atom. The van der Waals surface area contributed by atoms with Crippen molar-refractivity contribution < 1.29 is 4.39 Å². The Balaban J connectivity index is 1.91. The van der Waals surface area contributed by atoms with Crippen LogP contribution in [0.3, 0.4) is 0 Å². The average Bonchev–Trinajstić information content (AvgIpc) is 2.82. The minimum atomic E-state index is -0.181. The molecule has 0 fully saturated rings. The van der Waals surface area contributed by atoms with Gasteiger partial charge in [-0.3, -0.25) is 0 Å². The summed E-state index contributed by atoms with van der Waals surface area (Å²) in [5.74, 6) is 0.729. The normalized spacial score (nSPS) is 12.6. The number of thiophene rings is 1. The van der Waals surface area contributed by atoms with E-state index in [9.17, 15) is 4.39 Å². The van der Waals surface area contributed by atoms with Crippen LogP contribution in [-0.2, 0) is 6.42 Å². The van der Waals surface area contributed by atoms with Crippen LogP contribution in [0.5, 0.6) is 0 Å². The molecule has 1 atom stereocenters. The minimum absolute atomic E-state index is 0.181. The van der Waals surface area contributed by atoms with Crippen molar-refractivity contribution in [3.8, 4) is 0 Å². The van der Waals surface area contributed by atoms with Gasteiger partial charge in [-0.1, -0.05) is 24.6 Å². The van der Waals surface area contributed by atoms with Gasteiger partial charge < -0.3 is 5.32 Å². The van der Waals surface area contributed by atoms with Crippen molar-refractivity contribution in [2.45, 2.75) is 24.3 Å². The molecule has 0 saturated heterocycles. The standard InChI is InChI=1S/C15H17ClFNS2/c1-2-18-12(9-14-6-7-15(16)20-14)10-19-13-5-3-4-11(17)8-13/h3-8,12,18H,2,9-10H2,1H3. The molecule has 1 heterocycles. The van der Waals surface area contributed by atoms with Crippen molar-refractivity contribution in [1.82, 2.24) is 5.32 Å². The Kier molecular flexibility index (Phi) is 6.36. The monoisotopic (exact) mass is 329 g/mol. The fraction of sp³-hybridized carbons (Fsp3) is 0.333. The lowest BCUT2D eigenvalue weighted by Gasteiger charge is -2.16. The highest BCUT2D eigenvalue weighted by atomic mass is 35.5. The van der Waals surface area contributed by atoms with Crippen LogP contribution in [0.2, 0.25) is 4.34 Å². The lowest BCUT2D eigenvalue weighted by Crippen LogP contribution is -2.32. The average molecular weight is 330 g/mol. The molecule has 1 unspecified atom stereocenters. The van der Waals surface area contributed by atoms with E-state index in [0.29, 0.717) is 6.04 Å². The molecule has 2 aromatic rings. The zero-order valence-corrected chi connectivity index (χ0v) is 13.6. The molecule has 0 aliphatic heterocycles. The first-order valence-electron chi connectivity index (χ1n) is 6.53. The van der Waals surface area contributed by atoms with Crippen LogP contribution in [0, 0.1) is 5.82 Å². The van der Waals surface area contributed by atoms with Crippen LogP contribution in [0.15, 0.2) is 41.3 Å². The first kappa shape index (κ1) is 15.8. The molecule has 0 saturated carbocycles. The van der Waals surface area contributed by atoms with Crippen LogP contribution in [0.1, 0.15) is 11.8 Å². The number of rotatable bonds is 7. The van der Waals surface area contributed by atoms with Gasteiger partial charge in [-0.2, -0.15) is 0 Å². The van der Waals surface area contributed by atoms with Crippen LogP contribution in [-0.4, -0.2) is 18.3 Å². The first-order chi connectivity index (χ1) is 9.67. The molecule has 0 aliphatic rings. The summed E-state index contributed by atoms with van der Waals surface area (Å²) in [5.41, 5.74) is 0. The third kappa shape index (κ3) is 5.09. The highest BCUT2D eigenvalue weighted by Gasteiger charge is 2.11. The number of likely N-dealkylation sites (N-methyl/N-ethyl adjacent to an activating group) is 1. The molecule has 0 aliphatic carbocycles. The van der Waals surface area contributed by atoms with Gasteiger partial charge in [0.25, 0.3) is 0 Å². The van der Waals surface area contributed by atoms with Gasteiger partial charge in [0, 0.05) is 21.6 Å². The lowest BCUT2D eigenvalue weighted by atomic mass is 10.2. The summed E-state index contributed by atoms with van der Waals surface area (Å²) >= 11 is 9.26. The number of nitrogens with one attached hydrogen (secondary N) is 1. The Morgan fingerprint density at radius 2 is 2.20 bits per heavy atom. The zero-order valence-electron chi connectivity index (χ0n) is 11.2. The van der Waals surface area contributed by atoms with Crippen molar-refractivity contribution in [3.63, 3.8) is 0 Å². The molecule has 5 heteroatoms. The van der Waals surface area contributed by atoms with Crippen molar-refractivity contribution in [1.29, 1.82) is 0 Å². The quantitative estimate of drug-likeness (QED) is 0.728. The molecule has 2 rings (SSSR count). The van der Waals surface area contributed by atoms with Gasteiger partial charge in [-0.15, -0.1) is 23.1 Å². The number of hydrogen-bond acceptors (Lipinski definition) is 3. The Bertz CT molecular complexity index is 544. The van der Waals surface area contributed by atoms with Gasteiger partial charge in [0.15, 0.2) is 0 Å². The van der Waals surface area contributed by atoms with E-state index >= 15 is 0 Å². The molecule has 0 bridgehead atoms. The SMILES string of the molecule is CCNC(CSc1cccc(F)c1)Cc1ccc(Cl)s1. The minimum Gasteiger partial charge on any atom is -0.313 e. The summed E-state index contributed by atoms with van der Waals surface area (Å²) in [6.07, 6.45) is 0.952. The first-order valence-corrected chi connectivity index (χ1v) is 8.71. The predicted octanol–water partition coefficient (Wildman–Crippen LogP) is 4.85. The highest BCUT2D eigenvalue weighted by molar-refractivity contribution is 7.99. The Labute approximate surface area is 132 Å². The van der Waals surface area contributed by atoms with Crippen molar-refractivity contribution in [2.24, 2.45) is 0 Å². The number of halogens is 2. The van der Waals surface area contributed by atoms with Crippen LogP contribution in [0.25, 0.3) is 0 Å². The molecule has 1 aromatic carbocycles. The van der Waals surface area contributed by atoms with Crippen molar-refractivity contribution >= 4 is 34.7 Å². The van der Waals surface area contributed by atoms with Gasteiger partial charge in [-0.05, 0) is 43.3 Å². The van der Waals surface area contributed by atoms with E-state index in [1.54, 1.807) is 35.2 Å². The zero-order chi connectivity index (χ0) is 14.4. The smallest absolute Gasteiger partial charge is 0.124 e. The van der Waals surface area contributed by atoms with Crippen LogP contribution < -0.4 is 5.32 Å². The summed E-state index contributed by atoms with van der Waals surface area (Å²) < 4.78 is 14.0. The molecular formula is C15H17ClFNS2. The number of hydrogen-bond donors (Lipinski definition) is 1. The molecule has 0 amide bonds. The van der Waals surface area contributed by atoms with Crippen molar-refractivity contribution in [3.05, 3.63) is 51.4 Å². The molecule has 108 valence electrons. The summed E-state index contributed by atoms with van der Waals surface area (Å²) in [4.78, 5) is 2.25. The van der Waals surface area contributed by atoms with E-state index in [2.05, 4.69) is 18.3 Å². The second-order valence-electron chi connectivity index (χ2n) is 4.43. The molecule has 0 radical (unpaired) electrons. The summed E-state index contributed by atoms with van der Waals surface area (Å²) in [7, 11) is 0. The van der Waals surface area contributed by atoms with Gasteiger partial charge in [-0.25, -0.2) is 4.39 Å². The number of benzene rings is 1. The summed E-state index contributed by atoms with van der Waals surface area (Å²) in [6, 6.07) is 11.1. The summed E-state index contributed by atoms with van der Waals surface area (Å²) in [6.45, 7) is 3.02. The third-order valence-corrected chi connectivity index (χ3v) is 5.23. The molecule has 1 aromatic heterocycles. The lowest BCUT2D eigenvalue weighted by molar-refractivity contribution is 0.576. The van der Waals surface area contributed by atoms with E-state index in [0.717, 1.165) is 28.0 Å². The van der Waals surface area contributed by atoms with Gasteiger partial charge in [0.2, 0.25) is 0 Å². The maximum Gasteiger partial charge on any atom is 0.124 e. The maximum atomic E-state index is 13.1. The second-order valence-corrected chi connectivity index (χ2v) is 7.33. The van der Waals surface area contributed by atoms with E-state index < -0.39 is 0 Å². The molecular weight excluding hydrogens is 313 g/mol. The van der Waals surface area contributed by atoms with Gasteiger partial charge >= 0.3 is 0 Å². The van der Waals surface area contributed by atoms with E-state index in [1.807, 2.05) is 12.1 Å². The van der Waals surface area contributed by atoms with E-state index in [1.165, 1.54) is 10.9 Å². The van der Waals surface area contributed by atoms with E-state index in [-0.39, 0.29) is 5.82 Å².